The Labute approximate surface area is 183 Å². The lowest BCUT2D eigenvalue weighted by Gasteiger charge is -2.32. The quantitative estimate of drug-likeness (QED) is 0.363. The van der Waals surface area contributed by atoms with E-state index in [9.17, 15) is 4.79 Å². The molecular formula is C28H25NO2. The first-order chi connectivity index (χ1) is 15.2. The molecule has 0 saturated heterocycles. The predicted molar refractivity (Wildman–Crippen MR) is 127 cm³/mol. The van der Waals surface area contributed by atoms with Gasteiger partial charge in [0, 0.05) is 11.8 Å². The lowest BCUT2D eigenvalue weighted by molar-refractivity contribution is -0.137. The zero-order valence-electron chi connectivity index (χ0n) is 17.8. The zero-order valence-corrected chi connectivity index (χ0v) is 17.8. The van der Waals surface area contributed by atoms with Crippen LogP contribution in [0.15, 0.2) is 109 Å². The first-order valence-corrected chi connectivity index (χ1v) is 10.4. The number of anilines is 1. The largest absolute Gasteiger partial charge is 0.463 e. The van der Waals surface area contributed by atoms with Crippen LogP contribution in [0.5, 0.6) is 0 Å². The summed E-state index contributed by atoms with van der Waals surface area (Å²) in [5.41, 5.74) is 7.14. The molecule has 0 unspecified atom stereocenters. The van der Waals surface area contributed by atoms with Crippen LogP contribution in [-0.2, 0) is 9.53 Å². The van der Waals surface area contributed by atoms with Crippen molar-refractivity contribution in [3.63, 3.8) is 0 Å². The number of allylic oxidation sites excluding steroid dienone is 3. The second-order valence-corrected chi connectivity index (χ2v) is 7.35. The minimum Gasteiger partial charge on any atom is -0.463 e. The van der Waals surface area contributed by atoms with Crippen LogP contribution in [0, 0.1) is 6.92 Å². The highest BCUT2D eigenvalue weighted by Crippen LogP contribution is 2.38. The van der Waals surface area contributed by atoms with Crippen molar-refractivity contribution >= 4 is 22.9 Å². The molecule has 1 aliphatic rings. The molecule has 154 valence electrons. The van der Waals surface area contributed by atoms with Crippen LogP contribution in [-0.4, -0.2) is 12.6 Å². The summed E-state index contributed by atoms with van der Waals surface area (Å²) < 4.78 is 5.24. The molecule has 0 fully saturated rings. The topological polar surface area (TPSA) is 29.5 Å². The number of hydrogen-bond acceptors (Lipinski definition) is 3. The molecule has 3 aromatic carbocycles. The minimum absolute atomic E-state index is 0.337. The van der Waals surface area contributed by atoms with Gasteiger partial charge in [-0.05, 0) is 54.8 Å². The highest BCUT2D eigenvalue weighted by molar-refractivity contribution is 5.98. The summed E-state index contributed by atoms with van der Waals surface area (Å²) in [7, 11) is 0. The molecule has 3 heteroatoms. The molecule has 0 aromatic heterocycles. The Balaban J connectivity index is 1.92. The van der Waals surface area contributed by atoms with Crippen molar-refractivity contribution in [1.29, 1.82) is 0 Å². The van der Waals surface area contributed by atoms with Gasteiger partial charge in [-0.15, -0.1) is 0 Å². The fourth-order valence-electron chi connectivity index (χ4n) is 3.63. The van der Waals surface area contributed by atoms with Crippen molar-refractivity contribution in [1.82, 2.24) is 0 Å². The third-order valence-corrected chi connectivity index (χ3v) is 5.12. The Hall–Kier alpha value is -3.85. The number of nitrogens with zero attached hydrogens (tertiary/aromatic N) is 1. The second-order valence-electron chi connectivity index (χ2n) is 7.35. The highest BCUT2D eigenvalue weighted by atomic mass is 16.5. The summed E-state index contributed by atoms with van der Waals surface area (Å²) in [6.45, 7) is 4.22. The summed E-state index contributed by atoms with van der Waals surface area (Å²) in [6.07, 6.45) is 5.79. The molecule has 3 aromatic rings. The van der Waals surface area contributed by atoms with Gasteiger partial charge in [0.05, 0.1) is 18.0 Å². The first-order valence-electron chi connectivity index (χ1n) is 10.4. The van der Waals surface area contributed by atoms with Crippen LogP contribution < -0.4 is 4.90 Å². The number of rotatable bonds is 5. The van der Waals surface area contributed by atoms with Gasteiger partial charge in [-0.1, -0.05) is 78.4 Å². The summed E-state index contributed by atoms with van der Waals surface area (Å²) in [4.78, 5) is 14.6. The van der Waals surface area contributed by atoms with E-state index in [1.165, 1.54) is 5.56 Å². The Morgan fingerprint density at radius 1 is 0.839 bits per heavy atom. The Morgan fingerprint density at radius 3 is 2.06 bits per heavy atom. The molecule has 1 aliphatic heterocycles. The lowest BCUT2D eigenvalue weighted by atomic mass is 9.96. The van der Waals surface area contributed by atoms with Gasteiger partial charge in [0.1, 0.15) is 0 Å². The van der Waals surface area contributed by atoms with Crippen LogP contribution in [0.2, 0.25) is 0 Å². The summed E-state index contributed by atoms with van der Waals surface area (Å²) in [5.74, 6) is -0.354. The molecule has 0 saturated carbocycles. The molecule has 0 aliphatic carbocycles. The van der Waals surface area contributed by atoms with E-state index in [4.69, 9.17) is 4.74 Å². The highest BCUT2D eigenvalue weighted by Gasteiger charge is 2.23. The second kappa shape index (κ2) is 9.31. The van der Waals surface area contributed by atoms with E-state index in [1.807, 2.05) is 49.4 Å². The van der Waals surface area contributed by atoms with Crippen LogP contribution in [0.25, 0.3) is 11.3 Å². The number of aryl methyl sites for hydroxylation is 1. The number of esters is 1. The van der Waals surface area contributed by atoms with E-state index >= 15 is 0 Å². The SMILES string of the molecule is CCOC(=O)C=C1C=C(c2ccccc2)C=C(c2ccccc2)N1c1ccc(C)cc1. The molecule has 0 atom stereocenters. The van der Waals surface area contributed by atoms with E-state index in [0.717, 1.165) is 33.8 Å². The summed E-state index contributed by atoms with van der Waals surface area (Å²) >= 11 is 0. The van der Waals surface area contributed by atoms with Crippen molar-refractivity contribution in [2.24, 2.45) is 0 Å². The maximum absolute atomic E-state index is 12.5. The van der Waals surface area contributed by atoms with Crippen LogP contribution in [0.1, 0.15) is 23.6 Å². The van der Waals surface area contributed by atoms with Crippen LogP contribution in [0.3, 0.4) is 0 Å². The number of ether oxygens (including phenoxy) is 1. The van der Waals surface area contributed by atoms with E-state index in [1.54, 1.807) is 6.08 Å². The van der Waals surface area contributed by atoms with Gasteiger partial charge < -0.3 is 9.64 Å². The fraction of sp³-hybridized carbons (Fsp3) is 0.107. The van der Waals surface area contributed by atoms with Crippen molar-refractivity contribution in [2.75, 3.05) is 11.5 Å². The van der Waals surface area contributed by atoms with Crippen molar-refractivity contribution in [2.45, 2.75) is 13.8 Å². The molecular weight excluding hydrogens is 382 g/mol. The molecule has 0 N–H and O–H groups in total. The Morgan fingerprint density at radius 2 is 1.45 bits per heavy atom. The fourth-order valence-corrected chi connectivity index (χ4v) is 3.63. The molecule has 4 rings (SSSR count). The number of hydrogen-bond donors (Lipinski definition) is 0. The third kappa shape index (κ3) is 4.67. The maximum atomic E-state index is 12.5. The van der Waals surface area contributed by atoms with Gasteiger partial charge in [-0.2, -0.15) is 0 Å². The van der Waals surface area contributed by atoms with Crippen molar-refractivity contribution in [3.05, 3.63) is 126 Å². The molecule has 1 heterocycles. The van der Waals surface area contributed by atoms with E-state index in [2.05, 4.69) is 66.4 Å². The molecule has 0 bridgehead atoms. The van der Waals surface area contributed by atoms with Gasteiger partial charge in [0.2, 0.25) is 0 Å². The van der Waals surface area contributed by atoms with Crippen LogP contribution in [0.4, 0.5) is 5.69 Å². The normalized spacial score (nSPS) is 14.8. The third-order valence-electron chi connectivity index (χ3n) is 5.12. The minimum atomic E-state index is -0.354. The smallest absolute Gasteiger partial charge is 0.332 e. The van der Waals surface area contributed by atoms with Crippen molar-refractivity contribution < 1.29 is 9.53 Å². The summed E-state index contributed by atoms with van der Waals surface area (Å²) in [5, 5.41) is 0. The molecule has 0 radical (unpaired) electrons. The Bertz CT molecular complexity index is 1140. The Kier molecular flexibility index (Phi) is 6.13. The van der Waals surface area contributed by atoms with Crippen LogP contribution >= 0.6 is 0 Å². The average Bonchev–Trinajstić information content (AvgIpc) is 2.81. The first kappa shape index (κ1) is 20.4. The monoisotopic (exact) mass is 407 g/mol. The van der Waals surface area contributed by atoms with Gasteiger partial charge in [-0.25, -0.2) is 4.79 Å². The predicted octanol–water partition coefficient (Wildman–Crippen LogP) is 6.39. The molecule has 0 spiro atoms. The standard InChI is InChI=1S/C28H25NO2/c1-3-31-28(30)20-26-18-24(22-10-6-4-7-11-22)19-27(23-12-8-5-9-13-23)29(26)25-16-14-21(2)15-17-25/h4-20H,3H2,1-2H3. The van der Waals surface area contributed by atoms with Gasteiger partial charge in [0.25, 0.3) is 0 Å². The molecule has 31 heavy (non-hydrogen) atoms. The zero-order chi connectivity index (χ0) is 21.6. The number of carbonyl (C=O) groups excluding carboxylic acids is 1. The molecule has 3 nitrogen and oxygen atoms in total. The van der Waals surface area contributed by atoms with E-state index < -0.39 is 0 Å². The van der Waals surface area contributed by atoms with Gasteiger partial charge in [0.15, 0.2) is 0 Å². The summed E-state index contributed by atoms with van der Waals surface area (Å²) in [6, 6.07) is 28.7. The van der Waals surface area contributed by atoms with Gasteiger partial charge >= 0.3 is 5.97 Å². The van der Waals surface area contributed by atoms with E-state index in [0.29, 0.717) is 6.61 Å². The van der Waals surface area contributed by atoms with Gasteiger partial charge in [-0.3, -0.25) is 0 Å². The number of carbonyl (C=O) groups is 1. The molecule has 0 amide bonds. The average molecular weight is 408 g/mol. The number of benzene rings is 3. The van der Waals surface area contributed by atoms with E-state index in [-0.39, 0.29) is 5.97 Å². The lowest BCUT2D eigenvalue weighted by Crippen LogP contribution is -2.24. The maximum Gasteiger partial charge on any atom is 0.332 e. The van der Waals surface area contributed by atoms with Crippen molar-refractivity contribution in [3.8, 4) is 0 Å².